The summed E-state index contributed by atoms with van der Waals surface area (Å²) in [7, 11) is 0. The van der Waals surface area contributed by atoms with Gasteiger partial charge in [0.15, 0.2) is 6.10 Å². The van der Waals surface area contributed by atoms with Crippen molar-refractivity contribution in [3.63, 3.8) is 0 Å². The molecule has 0 radical (unpaired) electrons. The van der Waals surface area contributed by atoms with Crippen molar-refractivity contribution in [2.45, 2.75) is 309 Å². The van der Waals surface area contributed by atoms with Crippen LogP contribution in [0.3, 0.4) is 0 Å². The zero-order valence-corrected chi connectivity index (χ0v) is 48.1. The van der Waals surface area contributed by atoms with E-state index >= 15 is 0 Å². The van der Waals surface area contributed by atoms with Crippen LogP contribution in [0.1, 0.15) is 303 Å². The van der Waals surface area contributed by atoms with E-state index in [4.69, 9.17) is 14.2 Å². The van der Waals surface area contributed by atoms with E-state index in [9.17, 15) is 14.4 Å². The van der Waals surface area contributed by atoms with Crippen LogP contribution in [0.25, 0.3) is 0 Å². The maximum absolute atomic E-state index is 12.9. The Hall–Kier alpha value is -3.41. The standard InChI is InChI=1S/C67H116O6/c1-4-7-10-13-16-19-22-25-27-29-31-33-35-37-39-42-45-48-51-54-57-60-66(69)72-63-64(62-71-65(68)59-56-53-50-47-44-41-24-21-18-15-12-9-6-3)73-67(70)61-58-55-52-49-46-43-40-38-36-34-32-30-28-26-23-20-17-14-11-8-5-2/h9,12,18,21-22,25,29-32,35,37,41,44,64H,4-8,10-11,13-17,19-20,23-24,26-28,33-34,36,38-40,42-43,45-63H2,1-3H3/b12-9-,21-18-,25-22-,31-29-,32-30-,37-35-,44-41-. The van der Waals surface area contributed by atoms with Crippen molar-refractivity contribution in [1.82, 2.24) is 0 Å². The SMILES string of the molecule is CC/C=C\C/C=C\C/C=C\CCCCCC(=O)OCC(COC(=O)CCCCCCCC/C=C\C/C=C\C/C=C\CCCCCCC)OC(=O)CCCCCCCCCCC/C=C\CCCCCCCCCC. The van der Waals surface area contributed by atoms with Crippen LogP contribution in [0, 0.1) is 0 Å². The molecule has 0 N–H and O–H groups in total. The summed E-state index contributed by atoms with van der Waals surface area (Å²) in [4.78, 5) is 38.2. The Labute approximate surface area is 452 Å². The van der Waals surface area contributed by atoms with E-state index in [0.29, 0.717) is 19.3 Å². The van der Waals surface area contributed by atoms with Gasteiger partial charge in [-0.05, 0) is 116 Å². The fourth-order valence-corrected chi connectivity index (χ4v) is 8.69. The second-order valence-corrected chi connectivity index (χ2v) is 20.6. The Kier molecular flexibility index (Phi) is 58.3. The lowest BCUT2D eigenvalue weighted by atomic mass is 10.1. The maximum Gasteiger partial charge on any atom is 0.306 e. The van der Waals surface area contributed by atoms with Gasteiger partial charge in [-0.3, -0.25) is 14.4 Å². The van der Waals surface area contributed by atoms with E-state index in [1.165, 1.54) is 161 Å². The number of esters is 3. The van der Waals surface area contributed by atoms with E-state index in [0.717, 1.165) is 103 Å². The average molecular weight is 1020 g/mol. The molecule has 0 fully saturated rings. The first kappa shape index (κ1) is 69.6. The van der Waals surface area contributed by atoms with Gasteiger partial charge in [-0.2, -0.15) is 0 Å². The minimum atomic E-state index is -0.797. The lowest BCUT2D eigenvalue weighted by Gasteiger charge is -2.18. The molecular weight excluding hydrogens is 901 g/mol. The van der Waals surface area contributed by atoms with Gasteiger partial charge in [-0.15, -0.1) is 0 Å². The quantitative estimate of drug-likeness (QED) is 0.0261. The van der Waals surface area contributed by atoms with E-state index in [1.54, 1.807) is 0 Å². The van der Waals surface area contributed by atoms with Crippen LogP contribution in [-0.4, -0.2) is 37.2 Å². The van der Waals surface area contributed by atoms with Crippen LogP contribution in [-0.2, 0) is 28.6 Å². The van der Waals surface area contributed by atoms with E-state index in [-0.39, 0.29) is 31.1 Å². The lowest BCUT2D eigenvalue weighted by Crippen LogP contribution is -2.30. The molecule has 0 aliphatic heterocycles. The molecule has 6 nitrogen and oxygen atoms in total. The van der Waals surface area contributed by atoms with Crippen LogP contribution in [0.5, 0.6) is 0 Å². The molecule has 0 aliphatic carbocycles. The van der Waals surface area contributed by atoms with Gasteiger partial charge >= 0.3 is 17.9 Å². The number of carbonyl (C=O) groups excluding carboxylic acids is 3. The summed E-state index contributed by atoms with van der Waals surface area (Å²) in [6, 6.07) is 0. The fraction of sp³-hybridized carbons (Fsp3) is 0.746. The van der Waals surface area contributed by atoms with Crippen molar-refractivity contribution in [3.05, 3.63) is 85.1 Å². The molecule has 6 heteroatoms. The highest BCUT2D eigenvalue weighted by atomic mass is 16.6. The number of carbonyl (C=O) groups is 3. The molecule has 0 heterocycles. The molecule has 73 heavy (non-hydrogen) atoms. The van der Waals surface area contributed by atoms with Gasteiger partial charge in [0, 0.05) is 19.3 Å². The Balaban J connectivity index is 4.39. The van der Waals surface area contributed by atoms with Crippen molar-refractivity contribution in [1.29, 1.82) is 0 Å². The zero-order valence-electron chi connectivity index (χ0n) is 48.1. The van der Waals surface area contributed by atoms with E-state index < -0.39 is 6.10 Å². The van der Waals surface area contributed by atoms with Gasteiger partial charge in [0.05, 0.1) is 0 Å². The molecule has 1 atom stereocenters. The van der Waals surface area contributed by atoms with Crippen LogP contribution in [0.15, 0.2) is 85.1 Å². The summed E-state index contributed by atoms with van der Waals surface area (Å²) in [5, 5.41) is 0. The van der Waals surface area contributed by atoms with Gasteiger partial charge < -0.3 is 14.2 Å². The summed E-state index contributed by atoms with van der Waals surface area (Å²) >= 11 is 0. The first-order chi connectivity index (χ1) is 36.0. The molecule has 0 aromatic rings. The van der Waals surface area contributed by atoms with Gasteiger partial charge in [-0.25, -0.2) is 0 Å². The molecular formula is C67H116O6. The predicted molar refractivity (Wildman–Crippen MR) is 316 cm³/mol. The third-order valence-electron chi connectivity index (χ3n) is 13.4. The van der Waals surface area contributed by atoms with Crippen LogP contribution < -0.4 is 0 Å². The highest BCUT2D eigenvalue weighted by Gasteiger charge is 2.19. The van der Waals surface area contributed by atoms with Crippen molar-refractivity contribution < 1.29 is 28.6 Å². The summed E-state index contributed by atoms with van der Waals surface area (Å²) in [5.74, 6) is -0.928. The largest absolute Gasteiger partial charge is 0.462 e. The van der Waals surface area contributed by atoms with Gasteiger partial charge in [0.2, 0.25) is 0 Å². The van der Waals surface area contributed by atoms with Crippen molar-refractivity contribution in [2.75, 3.05) is 13.2 Å². The number of hydrogen-bond acceptors (Lipinski definition) is 6. The predicted octanol–water partition coefficient (Wildman–Crippen LogP) is 21.1. The molecule has 0 saturated carbocycles. The minimum Gasteiger partial charge on any atom is -0.462 e. The molecule has 0 rings (SSSR count). The summed E-state index contributed by atoms with van der Waals surface area (Å²) < 4.78 is 16.9. The van der Waals surface area contributed by atoms with E-state index in [1.807, 2.05) is 0 Å². The van der Waals surface area contributed by atoms with E-state index in [2.05, 4.69) is 106 Å². The highest BCUT2D eigenvalue weighted by Crippen LogP contribution is 2.15. The second-order valence-electron chi connectivity index (χ2n) is 20.6. The molecule has 0 aliphatic rings. The van der Waals surface area contributed by atoms with Gasteiger partial charge in [0.1, 0.15) is 13.2 Å². The Morgan fingerprint density at radius 3 is 0.863 bits per heavy atom. The number of ether oxygens (including phenoxy) is 3. The van der Waals surface area contributed by atoms with Gasteiger partial charge in [-0.1, -0.05) is 254 Å². The molecule has 0 amide bonds. The normalized spacial score (nSPS) is 12.6. The highest BCUT2D eigenvalue weighted by molar-refractivity contribution is 5.71. The summed E-state index contributed by atoms with van der Waals surface area (Å²) in [5.41, 5.74) is 0. The summed E-state index contributed by atoms with van der Waals surface area (Å²) in [6.45, 7) is 6.50. The number of allylic oxidation sites excluding steroid dienone is 14. The molecule has 0 saturated heterocycles. The number of rotatable bonds is 56. The fourth-order valence-electron chi connectivity index (χ4n) is 8.69. The van der Waals surface area contributed by atoms with Crippen LogP contribution in [0.4, 0.5) is 0 Å². The molecule has 1 unspecified atom stereocenters. The third kappa shape index (κ3) is 59.3. The van der Waals surface area contributed by atoms with Crippen molar-refractivity contribution >= 4 is 17.9 Å². The molecule has 0 spiro atoms. The van der Waals surface area contributed by atoms with Gasteiger partial charge in [0.25, 0.3) is 0 Å². The Morgan fingerprint density at radius 1 is 0.288 bits per heavy atom. The average Bonchev–Trinajstić information content (AvgIpc) is 3.39. The first-order valence-electron chi connectivity index (χ1n) is 31.1. The number of hydrogen-bond donors (Lipinski definition) is 0. The summed E-state index contributed by atoms with van der Waals surface area (Å²) in [6.07, 6.45) is 80.1. The van der Waals surface area contributed by atoms with Crippen molar-refractivity contribution in [3.8, 4) is 0 Å². The monoisotopic (exact) mass is 1020 g/mol. The number of unbranched alkanes of at least 4 members (excludes halogenated alkanes) is 31. The zero-order chi connectivity index (χ0) is 52.9. The molecule has 0 aromatic heterocycles. The molecule has 0 aromatic carbocycles. The first-order valence-corrected chi connectivity index (χ1v) is 31.1. The smallest absolute Gasteiger partial charge is 0.306 e. The Bertz CT molecular complexity index is 1400. The topological polar surface area (TPSA) is 78.9 Å². The second kappa shape index (κ2) is 61.1. The third-order valence-corrected chi connectivity index (χ3v) is 13.4. The Morgan fingerprint density at radius 2 is 0.534 bits per heavy atom. The van der Waals surface area contributed by atoms with Crippen LogP contribution >= 0.6 is 0 Å². The minimum absolute atomic E-state index is 0.0932. The van der Waals surface area contributed by atoms with Crippen LogP contribution in [0.2, 0.25) is 0 Å². The molecule has 0 bridgehead atoms. The maximum atomic E-state index is 12.9. The van der Waals surface area contributed by atoms with Crippen molar-refractivity contribution in [2.24, 2.45) is 0 Å². The molecule has 420 valence electrons. The lowest BCUT2D eigenvalue weighted by molar-refractivity contribution is -0.167.